The smallest absolute Gasteiger partial charge is 0.193 e. The number of nitrogens with two attached hydrogens (primary N) is 1. The Hall–Kier alpha value is -1.51. The standard InChI is InChI=1S/C16H25N3/c1-3-8-16(9-5-10-16)12-18-15(17)19-14-7-4-6-13(2)11-14/h4,6-7,11H,3,5,8-10,12H2,1-2H3,(H3,17,18,19). The van der Waals surface area contributed by atoms with Gasteiger partial charge in [-0.15, -0.1) is 0 Å². The average Bonchev–Trinajstić information content (AvgIpc) is 2.32. The molecule has 0 aromatic heterocycles. The maximum atomic E-state index is 5.98. The van der Waals surface area contributed by atoms with Crippen LogP contribution in [0.2, 0.25) is 0 Å². The Morgan fingerprint density at radius 2 is 2.21 bits per heavy atom. The highest BCUT2D eigenvalue weighted by Crippen LogP contribution is 2.44. The molecule has 0 radical (unpaired) electrons. The van der Waals surface area contributed by atoms with Crippen molar-refractivity contribution in [2.24, 2.45) is 16.1 Å². The molecule has 3 nitrogen and oxygen atoms in total. The van der Waals surface area contributed by atoms with Crippen molar-refractivity contribution in [3.05, 3.63) is 29.8 Å². The molecule has 0 atom stereocenters. The predicted octanol–water partition coefficient (Wildman–Crippen LogP) is 3.69. The van der Waals surface area contributed by atoms with Gasteiger partial charge in [-0.2, -0.15) is 0 Å². The van der Waals surface area contributed by atoms with Gasteiger partial charge in [-0.05, 0) is 49.3 Å². The Kier molecular flexibility index (Phi) is 4.46. The molecule has 19 heavy (non-hydrogen) atoms. The van der Waals surface area contributed by atoms with Gasteiger partial charge in [0, 0.05) is 12.2 Å². The molecule has 1 saturated carbocycles. The summed E-state index contributed by atoms with van der Waals surface area (Å²) >= 11 is 0. The van der Waals surface area contributed by atoms with E-state index in [2.05, 4.69) is 36.3 Å². The summed E-state index contributed by atoms with van der Waals surface area (Å²) in [7, 11) is 0. The minimum atomic E-state index is 0.438. The number of nitrogens with zero attached hydrogens (tertiary/aromatic N) is 1. The zero-order valence-electron chi connectivity index (χ0n) is 12.1. The Bertz CT molecular complexity index is 447. The molecule has 104 valence electrons. The number of nitrogens with one attached hydrogen (secondary N) is 1. The molecule has 0 aliphatic heterocycles. The Balaban J connectivity index is 1.92. The van der Waals surface area contributed by atoms with Gasteiger partial charge in [0.1, 0.15) is 0 Å². The highest BCUT2D eigenvalue weighted by Gasteiger charge is 2.35. The summed E-state index contributed by atoms with van der Waals surface area (Å²) in [5, 5.41) is 3.17. The van der Waals surface area contributed by atoms with Crippen molar-refractivity contribution in [2.75, 3.05) is 11.9 Å². The molecule has 1 aliphatic rings. The normalized spacial score (nSPS) is 17.9. The zero-order valence-corrected chi connectivity index (χ0v) is 12.1. The number of aliphatic imine (C=N–C) groups is 1. The molecule has 0 amide bonds. The van der Waals surface area contributed by atoms with E-state index in [4.69, 9.17) is 5.73 Å². The molecule has 0 bridgehead atoms. The number of hydrogen-bond donors (Lipinski definition) is 2. The second kappa shape index (κ2) is 6.09. The van der Waals surface area contributed by atoms with Gasteiger partial charge >= 0.3 is 0 Å². The van der Waals surface area contributed by atoms with Crippen molar-refractivity contribution < 1.29 is 0 Å². The van der Waals surface area contributed by atoms with Gasteiger partial charge in [-0.25, -0.2) is 0 Å². The quantitative estimate of drug-likeness (QED) is 0.626. The first-order valence-corrected chi connectivity index (χ1v) is 7.27. The second-order valence-electron chi connectivity index (χ2n) is 5.80. The van der Waals surface area contributed by atoms with Crippen LogP contribution >= 0.6 is 0 Å². The van der Waals surface area contributed by atoms with E-state index in [1.165, 1.54) is 37.7 Å². The number of hydrogen-bond acceptors (Lipinski definition) is 1. The summed E-state index contributed by atoms with van der Waals surface area (Å²) in [5.41, 5.74) is 8.65. The molecule has 1 fully saturated rings. The molecule has 0 spiro atoms. The summed E-state index contributed by atoms with van der Waals surface area (Å²) in [4.78, 5) is 4.55. The zero-order chi connectivity index (χ0) is 13.7. The van der Waals surface area contributed by atoms with Crippen molar-refractivity contribution in [1.82, 2.24) is 0 Å². The van der Waals surface area contributed by atoms with E-state index in [0.29, 0.717) is 11.4 Å². The molecule has 0 heterocycles. The number of benzene rings is 1. The fourth-order valence-corrected chi connectivity index (χ4v) is 2.86. The maximum Gasteiger partial charge on any atom is 0.193 e. The predicted molar refractivity (Wildman–Crippen MR) is 82.5 cm³/mol. The van der Waals surface area contributed by atoms with Gasteiger partial charge in [0.25, 0.3) is 0 Å². The van der Waals surface area contributed by atoms with Crippen LogP contribution < -0.4 is 11.1 Å². The topological polar surface area (TPSA) is 50.4 Å². The van der Waals surface area contributed by atoms with Crippen LogP contribution in [-0.4, -0.2) is 12.5 Å². The lowest BCUT2D eigenvalue weighted by molar-refractivity contribution is 0.130. The van der Waals surface area contributed by atoms with Crippen LogP contribution in [0.15, 0.2) is 29.3 Å². The van der Waals surface area contributed by atoms with E-state index in [0.717, 1.165) is 12.2 Å². The largest absolute Gasteiger partial charge is 0.370 e. The first kappa shape index (κ1) is 13.9. The Morgan fingerprint density at radius 3 is 2.79 bits per heavy atom. The molecule has 0 saturated heterocycles. The number of rotatable bonds is 5. The summed E-state index contributed by atoms with van der Waals surface area (Å²) in [6.07, 6.45) is 6.47. The fraction of sp³-hybridized carbons (Fsp3) is 0.562. The van der Waals surface area contributed by atoms with E-state index in [9.17, 15) is 0 Å². The van der Waals surface area contributed by atoms with E-state index in [1.807, 2.05) is 12.1 Å². The molecular formula is C16H25N3. The third-order valence-electron chi connectivity index (χ3n) is 4.07. The SMILES string of the molecule is CCCC1(CN=C(N)Nc2cccc(C)c2)CCC1. The summed E-state index contributed by atoms with van der Waals surface area (Å²) in [6, 6.07) is 8.19. The van der Waals surface area contributed by atoms with E-state index in [-0.39, 0.29) is 0 Å². The molecule has 1 aromatic carbocycles. The highest BCUT2D eigenvalue weighted by molar-refractivity contribution is 5.92. The van der Waals surface area contributed by atoms with E-state index >= 15 is 0 Å². The fourth-order valence-electron chi connectivity index (χ4n) is 2.86. The minimum absolute atomic E-state index is 0.438. The van der Waals surface area contributed by atoms with Crippen LogP contribution in [0.1, 0.15) is 44.6 Å². The van der Waals surface area contributed by atoms with E-state index < -0.39 is 0 Å². The lowest BCUT2D eigenvalue weighted by atomic mass is 9.66. The Morgan fingerprint density at radius 1 is 1.42 bits per heavy atom. The van der Waals surface area contributed by atoms with Crippen LogP contribution in [0.3, 0.4) is 0 Å². The second-order valence-corrected chi connectivity index (χ2v) is 5.80. The van der Waals surface area contributed by atoms with Crippen molar-refractivity contribution >= 4 is 11.6 Å². The van der Waals surface area contributed by atoms with Gasteiger partial charge in [0.2, 0.25) is 0 Å². The van der Waals surface area contributed by atoms with Gasteiger partial charge in [-0.1, -0.05) is 31.9 Å². The van der Waals surface area contributed by atoms with Crippen molar-refractivity contribution in [2.45, 2.75) is 46.0 Å². The minimum Gasteiger partial charge on any atom is -0.370 e. The van der Waals surface area contributed by atoms with Crippen LogP contribution in [-0.2, 0) is 0 Å². The molecule has 1 aromatic rings. The maximum absolute atomic E-state index is 5.98. The molecule has 3 N–H and O–H groups in total. The van der Waals surface area contributed by atoms with Crippen molar-refractivity contribution in [3.8, 4) is 0 Å². The monoisotopic (exact) mass is 259 g/mol. The first-order chi connectivity index (χ1) is 9.13. The van der Waals surface area contributed by atoms with Crippen LogP contribution in [0.25, 0.3) is 0 Å². The van der Waals surface area contributed by atoms with Crippen LogP contribution in [0.4, 0.5) is 5.69 Å². The van der Waals surface area contributed by atoms with Gasteiger partial charge in [0.05, 0.1) is 0 Å². The third-order valence-corrected chi connectivity index (χ3v) is 4.07. The molecule has 2 rings (SSSR count). The first-order valence-electron chi connectivity index (χ1n) is 7.27. The third kappa shape index (κ3) is 3.72. The summed E-state index contributed by atoms with van der Waals surface area (Å²) in [6.45, 7) is 5.19. The summed E-state index contributed by atoms with van der Waals surface area (Å²) < 4.78 is 0. The molecule has 3 heteroatoms. The lowest BCUT2D eigenvalue weighted by Crippen LogP contribution is -2.34. The van der Waals surface area contributed by atoms with Gasteiger partial charge in [-0.3, -0.25) is 4.99 Å². The number of guanidine groups is 1. The number of aryl methyl sites for hydroxylation is 1. The lowest BCUT2D eigenvalue weighted by Gasteiger charge is -2.40. The van der Waals surface area contributed by atoms with Crippen molar-refractivity contribution in [1.29, 1.82) is 0 Å². The van der Waals surface area contributed by atoms with Gasteiger partial charge < -0.3 is 11.1 Å². The van der Waals surface area contributed by atoms with Crippen molar-refractivity contribution in [3.63, 3.8) is 0 Å². The average molecular weight is 259 g/mol. The molecular weight excluding hydrogens is 234 g/mol. The highest BCUT2D eigenvalue weighted by atomic mass is 15.1. The van der Waals surface area contributed by atoms with Gasteiger partial charge in [0.15, 0.2) is 5.96 Å². The Labute approximate surface area is 116 Å². The number of anilines is 1. The van der Waals surface area contributed by atoms with Crippen LogP contribution in [0, 0.1) is 12.3 Å². The van der Waals surface area contributed by atoms with E-state index in [1.54, 1.807) is 0 Å². The summed E-state index contributed by atoms with van der Waals surface area (Å²) in [5.74, 6) is 0.535. The molecule has 1 aliphatic carbocycles. The van der Waals surface area contributed by atoms with Crippen LogP contribution in [0.5, 0.6) is 0 Å². The molecule has 0 unspecified atom stereocenters.